The van der Waals surface area contributed by atoms with Gasteiger partial charge in [-0.25, -0.2) is 4.79 Å². The van der Waals surface area contributed by atoms with Gasteiger partial charge in [0.05, 0.1) is 10.6 Å². The van der Waals surface area contributed by atoms with Crippen molar-refractivity contribution < 1.29 is 14.3 Å². The van der Waals surface area contributed by atoms with Crippen molar-refractivity contribution in [3.05, 3.63) is 71.8 Å². The molecule has 0 spiro atoms. The lowest BCUT2D eigenvalue weighted by Crippen LogP contribution is -2.07. The zero-order valence-corrected chi connectivity index (χ0v) is 11.2. The molecule has 0 fully saturated rings. The van der Waals surface area contributed by atoms with Crippen LogP contribution >= 0.6 is 11.6 Å². The van der Waals surface area contributed by atoms with Crippen molar-refractivity contribution in [3.63, 3.8) is 0 Å². The summed E-state index contributed by atoms with van der Waals surface area (Å²) in [6.07, 6.45) is 1.87. The van der Waals surface area contributed by atoms with Gasteiger partial charge in [0.2, 0.25) is 0 Å². The summed E-state index contributed by atoms with van der Waals surface area (Å²) in [5.41, 5.74) is 1.16. The molecular formula is C16H11ClO3. The Morgan fingerprint density at radius 1 is 0.950 bits per heavy atom. The van der Waals surface area contributed by atoms with Crippen molar-refractivity contribution in [2.45, 2.75) is 0 Å². The quantitative estimate of drug-likeness (QED) is 0.373. The van der Waals surface area contributed by atoms with E-state index in [2.05, 4.69) is 0 Å². The SMILES string of the molecule is O=C/C=C(\Cl)c1ccc(OC(=O)c2ccccc2)cc1. The summed E-state index contributed by atoms with van der Waals surface area (Å²) < 4.78 is 5.22. The van der Waals surface area contributed by atoms with Gasteiger partial charge in [-0.05, 0) is 48.0 Å². The first kappa shape index (κ1) is 14.0. The van der Waals surface area contributed by atoms with Crippen LogP contribution in [-0.4, -0.2) is 12.3 Å². The van der Waals surface area contributed by atoms with E-state index in [4.69, 9.17) is 16.3 Å². The zero-order valence-electron chi connectivity index (χ0n) is 10.5. The van der Waals surface area contributed by atoms with Crippen molar-refractivity contribution >= 4 is 28.9 Å². The fraction of sp³-hybridized carbons (Fsp3) is 0. The molecule has 0 bridgehead atoms. The van der Waals surface area contributed by atoms with Crippen LogP contribution in [0.1, 0.15) is 15.9 Å². The van der Waals surface area contributed by atoms with Crippen LogP contribution in [-0.2, 0) is 4.79 Å². The van der Waals surface area contributed by atoms with Crippen LogP contribution in [0, 0.1) is 0 Å². The molecule has 0 aliphatic rings. The average Bonchev–Trinajstić information content (AvgIpc) is 2.49. The van der Waals surface area contributed by atoms with E-state index in [9.17, 15) is 9.59 Å². The van der Waals surface area contributed by atoms with Crippen LogP contribution < -0.4 is 4.74 Å². The molecule has 4 heteroatoms. The van der Waals surface area contributed by atoms with E-state index >= 15 is 0 Å². The molecular weight excluding hydrogens is 276 g/mol. The number of allylic oxidation sites excluding steroid dienone is 1. The number of carbonyl (C=O) groups is 2. The molecule has 0 N–H and O–H groups in total. The van der Waals surface area contributed by atoms with Gasteiger partial charge in [0.25, 0.3) is 0 Å². The summed E-state index contributed by atoms with van der Waals surface area (Å²) in [7, 11) is 0. The first-order chi connectivity index (χ1) is 9.70. The molecule has 100 valence electrons. The third-order valence-electron chi connectivity index (χ3n) is 2.56. The van der Waals surface area contributed by atoms with Crippen molar-refractivity contribution in [2.24, 2.45) is 0 Å². The third kappa shape index (κ3) is 3.56. The Labute approximate surface area is 121 Å². The molecule has 0 heterocycles. The smallest absolute Gasteiger partial charge is 0.343 e. The molecule has 20 heavy (non-hydrogen) atoms. The lowest BCUT2D eigenvalue weighted by molar-refractivity contribution is -0.104. The molecule has 0 saturated carbocycles. The van der Waals surface area contributed by atoms with E-state index in [-0.39, 0.29) is 0 Å². The Morgan fingerprint density at radius 2 is 1.60 bits per heavy atom. The summed E-state index contributed by atoms with van der Waals surface area (Å²) in [5, 5.41) is 0.334. The standard InChI is InChI=1S/C16H11ClO3/c17-15(10-11-18)12-6-8-14(9-7-12)20-16(19)13-4-2-1-3-5-13/h1-11H/b15-10-. The highest BCUT2D eigenvalue weighted by molar-refractivity contribution is 6.49. The number of rotatable bonds is 4. The van der Waals surface area contributed by atoms with Crippen LogP contribution in [0.2, 0.25) is 0 Å². The van der Waals surface area contributed by atoms with E-state index in [1.807, 2.05) is 6.07 Å². The first-order valence-corrected chi connectivity index (χ1v) is 6.27. The predicted octanol–water partition coefficient (Wildman–Crippen LogP) is 3.68. The number of ether oxygens (including phenoxy) is 1. The van der Waals surface area contributed by atoms with Crippen LogP contribution in [0.5, 0.6) is 5.75 Å². The molecule has 0 radical (unpaired) electrons. The van der Waals surface area contributed by atoms with Gasteiger partial charge >= 0.3 is 5.97 Å². The number of halogens is 1. The molecule has 0 aromatic heterocycles. The molecule has 2 rings (SSSR count). The molecule has 3 nitrogen and oxygen atoms in total. The van der Waals surface area contributed by atoms with Crippen molar-refractivity contribution in [1.82, 2.24) is 0 Å². The van der Waals surface area contributed by atoms with Gasteiger partial charge in [-0.2, -0.15) is 0 Å². The van der Waals surface area contributed by atoms with Gasteiger partial charge in [-0.15, -0.1) is 0 Å². The molecule has 0 unspecified atom stereocenters. The molecule has 2 aromatic carbocycles. The highest BCUT2D eigenvalue weighted by Gasteiger charge is 2.07. The summed E-state index contributed by atoms with van der Waals surface area (Å²) in [4.78, 5) is 22.2. The fourth-order valence-corrected chi connectivity index (χ4v) is 1.76. The molecule has 2 aromatic rings. The summed E-state index contributed by atoms with van der Waals surface area (Å²) in [6, 6.07) is 15.3. The largest absolute Gasteiger partial charge is 0.423 e. The second kappa shape index (κ2) is 6.68. The maximum atomic E-state index is 11.8. The number of benzene rings is 2. The average molecular weight is 287 g/mol. The Bertz CT molecular complexity index is 631. The van der Waals surface area contributed by atoms with Crippen molar-refractivity contribution in [2.75, 3.05) is 0 Å². The normalized spacial score (nSPS) is 10.9. The van der Waals surface area contributed by atoms with Crippen LogP contribution in [0.3, 0.4) is 0 Å². The van der Waals surface area contributed by atoms with E-state index < -0.39 is 5.97 Å². The van der Waals surface area contributed by atoms with E-state index in [0.717, 1.165) is 0 Å². The minimum absolute atomic E-state index is 0.334. The van der Waals surface area contributed by atoms with Crippen LogP contribution in [0.15, 0.2) is 60.7 Å². The maximum absolute atomic E-state index is 11.8. The van der Waals surface area contributed by atoms with Gasteiger partial charge < -0.3 is 4.74 Å². The second-order valence-electron chi connectivity index (χ2n) is 3.93. The summed E-state index contributed by atoms with van der Waals surface area (Å²) in [5.74, 6) is -0.00828. The maximum Gasteiger partial charge on any atom is 0.343 e. The highest BCUT2D eigenvalue weighted by Crippen LogP contribution is 2.21. The minimum Gasteiger partial charge on any atom is -0.423 e. The van der Waals surface area contributed by atoms with Gasteiger partial charge in [0.1, 0.15) is 12.0 Å². The Morgan fingerprint density at radius 3 is 2.20 bits per heavy atom. The molecule has 0 aliphatic heterocycles. The Balaban J connectivity index is 2.10. The van der Waals surface area contributed by atoms with Crippen LogP contribution in [0.4, 0.5) is 0 Å². The van der Waals surface area contributed by atoms with Crippen LogP contribution in [0.25, 0.3) is 5.03 Å². The fourth-order valence-electron chi connectivity index (χ4n) is 1.58. The van der Waals surface area contributed by atoms with E-state index in [0.29, 0.717) is 28.2 Å². The molecule has 0 amide bonds. The van der Waals surface area contributed by atoms with Gasteiger partial charge in [0, 0.05) is 0 Å². The topological polar surface area (TPSA) is 43.4 Å². The first-order valence-electron chi connectivity index (χ1n) is 5.89. The number of hydrogen-bond donors (Lipinski definition) is 0. The monoisotopic (exact) mass is 286 g/mol. The minimum atomic E-state index is -0.423. The zero-order chi connectivity index (χ0) is 14.4. The second-order valence-corrected chi connectivity index (χ2v) is 4.34. The molecule has 0 atom stereocenters. The summed E-state index contributed by atoms with van der Waals surface area (Å²) in [6.45, 7) is 0. The Hall–Kier alpha value is -2.39. The number of aldehydes is 1. The van der Waals surface area contributed by atoms with E-state index in [1.54, 1.807) is 48.5 Å². The lowest BCUT2D eigenvalue weighted by Gasteiger charge is -2.05. The lowest BCUT2D eigenvalue weighted by atomic mass is 10.2. The predicted molar refractivity (Wildman–Crippen MR) is 77.7 cm³/mol. The number of esters is 1. The Kier molecular flexibility index (Phi) is 4.69. The van der Waals surface area contributed by atoms with Gasteiger partial charge in [-0.3, -0.25) is 4.79 Å². The van der Waals surface area contributed by atoms with E-state index in [1.165, 1.54) is 6.08 Å². The van der Waals surface area contributed by atoms with Gasteiger partial charge in [-0.1, -0.05) is 29.8 Å². The highest BCUT2D eigenvalue weighted by atomic mass is 35.5. The van der Waals surface area contributed by atoms with Crippen molar-refractivity contribution in [3.8, 4) is 5.75 Å². The van der Waals surface area contributed by atoms with Crippen molar-refractivity contribution in [1.29, 1.82) is 0 Å². The molecule has 0 saturated heterocycles. The number of hydrogen-bond acceptors (Lipinski definition) is 3. The number of carbonyl (C=O) groups excluding carboxylic acids is 2. The molecule has 0 aliphatic carbocycles. The summed E-state index contributed by atoms with van der Waals surface area (Å²) >= 11 is 5.88. The van der Waals surface area contributed by atoms with Gasteiger partial charge in [0.15, 0.2) is 0 Å². The third-order valence-corrected chi connectivity index (χ3v) is 2.91.